The van der Waals surface area contributed by atoms with Crippen LogP contribution in [0.3, 0.4) is 0 Å². The fraction of sp³-hybridized carbons (Fsp3) is 0.267. The highest BCUT2D eigenvalue weighted by Crippen LogP contribution is 2.19. The lowest BCUT2D eigenvalue weighted by molar-refractivity contribution is 0.175. The van der Waals surface area contributed by atoms with Crippen LogP contribution in [0, 0.1) is 0 Å². The first kappa shape index (κ1) is 30.6. The third kappa shape index (κ3) is 9.10. The summed E-state index contributed by atoms with van der Waals surface area (Å²) in [5, 5.41) is 9.17. The SMILES string of the molecule is COCc1nc(/C=C/c2ccc(OC)cc2)oc1CCl.COCc1nc(/C=C/c2ccc(OC)cc2)oc1CO. The number of aliphatic hydroxyl groups excluding tert-OH is 1. The third-order valence-electron chi connectivity index (χ3n) is 5.48. The highest BCUT2D eigenvalue weighted by Gasteiger charge is 2.11. The lowest BCUT2D eigenvalue weighted by Gasteiger charge is -1.98. The number of rotatable bonds is 12. The molecule has 0 saturated carbocycles. The third-order valence-corrected chi connectivity index (χ3v) is 5.73. The van der Waals surface area contributed by atoms with E-state index in [0.717, 1.165) is 28.3 Å². The second kappa shape index (κ2) is 16.3. The van der Waals surface area contributed by atoms with Crippen molar-refractivity contribution in [3.8, 4) is 11.5 Å². The molecule has 4 aromatic rings. The molecular weight excluding hydrogens is 536 g/mol. The molecule has 1 N–H and O–H groups in total. The standard InChI is InChI=1S/C15H16ClNO3.C15H17NO4/c1-18-10-13-14(9-16)20-15(17-13)8-5-11-3-6-12(19-2)7-4-11;1-18-10-13-14(9-17)20-15(16-13)8-5-11-3-6-12(19-2)7-4-11/h3-8H,9-10H2,1-2H3;3-8,17H,9-10H2,1-2H3/b2*8-5+. The Morgan fingerprint density at radius 3 is 1.48 bits per heavy atom. The number of oxazole rings is 2. The van der Waals surface area contributed by atoms with Gasteiger partial charge in [0.1, 0.15) is 35.3 Å². The Bertz CT molecular complexity index is 1250. The molecule has 0 unspecified atom stereocenters. The van der Waals surface area contributed by atoms with Crippen molar-refractivity contribution in [1.82, 2.24) is 9.97 Å². The van der Waals surface area contributed by atoms with Gasteiger partial charge in [0, 0.05) is 26.4 Å². The van der Waals surface area contributed by atoms with E-state index in [9.17, 15) is 5.11 Å². The molecule has 2 aromatic heterocycles. The van der Waals surface area contributed by atoms with E-state index in [-0.39, 0.29) is 12.5 Å². The van der Waals surface area contributed by atoms with E-state index in [1.165, 1.54) is 0 Å². The van der Waals surface area contributed by atoms with Gasteiger partial charge in [-0.15, -0.1) is 11.6 Å². The minimum absolute atomic E-state index is 0.192. The van der Waals surface area contributed by atoms with Gasteiger partial charge in [0.2, 0.25) is 11.8 Å². The van der Waals surface area contributed by atoms with Crippen molar-refractivity contribution in [2.45, 2.75) is 25.7 Å². The molecule has 0 radical (unpaired) electrons. The summed E-state index contributed by atoms with van der Waals surface area (Å²) in [5.41, 5.74) is 3.38. The lowest BCUT2D eigenvalue weighted by Crippen LogP contribution is -1.93. The fourth-order valence-corrected chi connectivity index (χ4v) is 3.65. The van der Waals surface area contributed by atoms with Crippen LogP contribution >= 0.6 is 11.6 Å². The highest BCUT2D eigenvalue weighted by atomic mass is 35.5. The van der Waals surface area contributed by atoms with Crippen LogP contribution in [-0.2, 0) is 35.2 Å². The van der Waals surface area contributed by atoms with Crippen LogP contribution in [0.5, 0.6) is 11.5 Å². The molecule has 40 heavy (non-hydrogen) atoms. The Balaban J connectivity index is 0.000000220. The number of hydrogen-bond acceptors (Lipinski definition) is 9. The van der Waals surface area contributed by atoms with Crippen molar-refractivity contribution in [2.75, 3.05) is 28.4 Å². The normalized spacial score (nSPS) is 11.2. The number of methoxy groups -OCH3 is 4. The highest BCUT2D eigenvalue weighted by molar-refractivity contribution is 6.16. The molecule has 0 spiro atoms. The van der Waals surface area contributed by atoms with Crippen LogP contribution in [0.2, 0.25) is 0 Å². The summed E-state index contributed by atoms with van der Waals surface area (Å²) in [6, 6.07) is 15.3. The van der Waals surface area contributed by atoms with Gasteiger partial charge >= 0.3 is 0 Å². The second-order valence-corrected chi connectivity index (χ2v) is 8.48. The number of benzene rings is 2. The predicted molar refractivity (Wildman–Crippen MR) is 154 cm³/mol. The smallest absolute Gasteiger partial charge is 0.219 e. The molecule has 0 fully saturated rings. The average molecular weight is 569 g/mol. The minimum Gasteiger partial charge on any atom is -0.497 e. The number of aromatic nitrogens is 2. The number of aliphatic hydroxyl groups is 1. The van der Waals surface area contributed by atoms with Crippen LogP contribution in [0.4, 0.5) is 0 Å². The molecule has 0 aliphatic heterocycles. The predicted octanol–water partition coefficient (Wildman–Crippen LogP) is 6.23. The van der Waals surface area contributed by atoms with Crippen LogP contribution in [0.25, 0.3) is 24.3 Å². The van der Waals surface area contributed by atoms with Gasteiger partial charge in [0.05, 0.1) is 33.3 Å². The Morgan fingerprint density at radius 2 is 1.10 bits per heavy atom. The maximum Gasteiger partial charge on any atom is 0.219 e. The molecule has 212 valence electrons. The van der Waals surface area contributed by atoms with Gasteiger partial charge < -0.3 is 32.9 Å². The summed E-state index contributed by atoms with van der Waals surface area (Å²) >= 11 is 5.80. The zero-order valence-electron chi connectivity index (χ0n) is 22.9. The number of alkyl halides is 1. The van der Waals surface area contributed by atoms with Gasteiger partial charge in [-0.1, -0.05) is 24.3 Å². The van der Waals surface area contributed by atoms with E-state index in [1.807, 2.05) is 60.7 Å². The van der Waals surface area contributed by atoms with Gasteiger partial charge in [-0.05, 0) is 47.5 Å². The average Bonchev–Trinajstić information content (AvgIpc) is 3.59. The van der Waals surface area contributed by atoms with Gasteiger partial charge in [0.25, 0.3) is 0 Å². The maximum atomic E-state index is 9.17. The van der Waals surface area contributed by atoms with Crippen LogP contribution in [0.1, 0.15) is 45.8 Å². The Labute approximate surface area is 238 Å². The van der Waals surface area contributed by atoms with E-state index in [4.69, 9.17) is 39.4 Å². The Hall–Kier alpha value is -3.89. The summed E-state index contributed by atoms with van der Waals surface area (Å²) in [5.74, 6) is 3.94. The quantitative estimate of drug-likeness (QED) is 0.199. The van der Waals surface area contributed by atoms with E-state index in [0.29, 0.717) is 42.2 Å². The molecule has 2 heterocycles. The minimum atomic E-state index is -0.192. The van der Waals surface area contributed by atoms with Crippen molar-refractivity contribution < 1.29 is 32.9 Å². The van der Waals surface area contributed by atoms with E-state index >= 15 is 0 Å². The molecule has 10 heteroatoms. The van der Waals surface area contributed by atoms with Crippen LogP contribution < -0.4 is 9.47 Å². The van der Waals surface area contributed by atoms with Crippen LogP contribution in [0.15, 0.2) is 57.4 Å². The molecule has 4 rings (SSSR count). The summed E-state index contributed by atoms with van der Waals surface area (Å²) in [7, 11) is 6.45. The molecule has 0 bridgehead atoms. The Morgan fingerprint density at radius 1 is 0.675 bits per heavy atom. The van der Waals surface area contributed by atoms with Crippen molar-refractivity contribution in [3.63, 3.8) is 0 Å². The first-order valence-electron chi connectivity index (χ1n) is 12.3. The second-order valence-electron chi connectivity index (χ2n) is 8.21. The molecule has 0 aliphatic carbocycles. The van der Waals surface area contributed by atoms with Crippen molar-refractivity contribution in [1.29, 1.82) is 0 Å². The Kier molecular flexibility index (Phi) is 12.5. The molecule has 0 atom stereocenters. The molecule has 0 saturated heterocycles. The topological polar surface area (TPSA) is 109 Å². The lowest BCUT2D eigenvalue weighted by atomic mass is 10.2. The zero-order valence-corrected chi connectivity index (χ0v) is 23.7. The van der Waals surface area contributed by atoms with Crippen molar-refractivity contribution in [3.05, 3.63) is 94.3 Å². The van der Waals surface area contributed by atoms with E-state index in [1.54, 1.807) is 40.6 Å². The molecule has 2 aromatic carbocycles. The number of hydrogen-bond donors (Lipinski definition) is 1. The van der Waals surface area contributed by atoms with E-state index < -0.39 is 0 Å². The number of nitrogens with zero attached hydrogens (tertiary/aromatic N) is 2. The molecular formula is C30H33ClN2O7. The first-order valence-corrected chi connectivity index (χ1v) is 12.8. The van der Waals surface area contributed by atoms with E-state index in [2.05, 4.69) is 9.97 Å². The summed E-state index contributed by atoms with van der Waals surface area (Å²) < 4.78 is 31.2. The summed E-state index contributed by atoms with van der Waals surface area (Å²) in [6.07, 6.45) is 7.35. The summed E-state index contributed by atoms with van der Waals surface area (Å²) in [4.78, 5) is 8.59. The monoisotopic (exact) mass is 568 g/mol. The first-order chi connectivity index (χ1) is 19.5. The van der Waals surface area contributed by atoms with Gasteiger partial charge in [0.15, 0.2) is 5.76 Å². The van der Waals surface area contributed by atoms with Crippen molar-refractivity contribution in [2.24, 2.45) is 0 Å². The van der Waals surface area contributed by atoms with Crippen molar-refractivity contribution >= 4 is 35.9 Å². The number of halogens is 1. The maximum absolute atomic E-state index is 9.17. The molecule has 0 aliphatic rings. The largest absolute Gasteiger partial charge is 0.497 e. The zero-order chi connectivity index (χ0) is 28.7. The van der Waals surface area contributed by atoms with Gasteiger partial charge in [-0.25, -0.2) is 9.97 Å². The van der Waals surface area contributed by atoms with Gasteiger partial charge in [-0.3, -0.25) is 0 Å². The molecule has 9 nitrogen and oxygen atoms in total. The van der Waals surface area contributed by atoms with Crippen LogP contribution in [-0.4, -0.2) is 43.5 Å². The number of ether oxygens (including phenoxy) is 4. The summed E-state index contributed by atoms with van der Waals surface area (Å²) in [6.45, 7) is 0.514. The molecule has 0 amide bonds. The van der Waals surface area contributed by atoms with Gasteiger partial charge in [-0.2, -0.15) is 0 Å². The fourth-order valence-electron chi connectivity index (χ4n) is 3.44.